The van der Waals surface area contributed by atoms with Crippen LogP contribution < -0.4 is 14.2 Å². The summed E-state index contributed by atoms with van der Waals surface area (Å²) in [4.78, 5) is 22.5. The first-order chi connectivity index (χ1) is 9.52. The van der Waals surface area contributed by atoms with Crippen molar-refractivity contribution in [1.82, 2.24) is 0 Å². The maximum atomic E-state index is 11.3. The average Bonchev–Trinajstić information content (AvgIpc) is 2.40. The predicted octanol–water partition coefficient (Wildman–Crippen LogP) is 2.70. The molecule has 0 bridgehead atoms. The molecule has 0 saturated heterocycles. The molecule has 0 aliphatic carbocycles. The first kappa shape index (κ1) is 13.9. The van der Waals surface area contributed by atoms with Gasteiger partial charge in [-0.1, -0.05) is 24.3 Å². The number of methoxy groups -OCH3 is 1. The van der Waals surface area contributed by atoms with E-state index >= 15 is 0 Å². The monoisotopic (exact) mass is 274 g/mol. The Balaban J connectivity index is 2.76. The molecule has 0 fully saturated rings. The molecule has 104 valence electrons. The molecule has 0 aliphatic heterocycles. The Labute approximate surface area is 116 Å². The molecular weight excluding hydrogens is 260 g/mol. The molecule has 0 saturated carbocycles. The van der Waals surface area contributed by atoms with Gasteiger partial charge in [-0.2, -0.15) is 0 Å². The third-order valence-electron chi connectivity index (χ3n) is 2.63. The molecule has 0 aliphatic rings. The van der Waals surface area contributed by atoms with Crippen LogP contribution in [0.3, 0.4) is 0 Å². The molecule has 2 aromatic carbocycles. The van der Waals surface area contributed by atoms with Crippen molar-refractivity contribution in [3.8, 4) is 17.2 Å². The van der Waals surface area contributed by atoms with Crippen LogP contribution in [0.4, 0.5) is 0 Å². The van der Waals surface area contributed by atoms with Crippen LogP contribution in [0.15, 0.2) is 30.3 Å². The Kier molecular flexibility index (Phi) is 3.89. The maximum Gasteiger partial charge on any atom is 0.308 e. The standard InChI is InChI=1S/C15H14O5/c1-9(16)19-14-12-7-5-4-6-11(12)8-13(18-3)15(14)20-10(2)17/h4-8H,1-3H3. The number of esters is 2. The second kappa shape index (κ2) is 5.61. The van der Waals surface area contributed by atoms with Gasteiger partial charge < -0.3 is 14.2 Å². The Morgan fingerprint density at radius 2 is 1.55 bits per heavy atom. The summed E-state index contributed by atoms with van der Waals surface area (Å²) in [6.45, 7) is 2.55. The second-order valence-electron chi connectivity index (χ2n) is 4.15. The van der Waals surface area contributed by atoms with Crippen LogP contribution in [0.2, 0.25) is 0 Å². The zero-order valence-corrected chi connectivity index (χ0v) is 11.4. The SMILES string of the molecule is COc1cc2ccccc2c(OC(C)=O)c1OC(C)=O. The highest BCUT2D eigenvalue weighted by Gasteiger charge is 2.20. The van der Waals surface area contributed by atoms with Crippen LogP contribution in [-0.4, -0.2) is 19.0 Å². The van der Waals surface area contributed by atoms with E-state index < -0.39 is 11.9 Å². The molecule has 0 unspecified atom stereocenters. The fraction of sp³-hybridized carbons (Fsp3) is 0.200. The number of carbonyl (C=O) groups excluding carboxylic acids is 2. The molecule has 2 aromatic rings. The Morgan fingerprint density at radius 3 is 2.15 bits per heavy atom. The number of hydrogen-bond donors (Lipinski definition) is 0. The van der Waals surface area contributed by atoms with E-state index in [0.29, 0.717) is 11.1 Å². The van der Waals surface area contributed by atoms with Crippen molar-refractivity contribution in [2.24, 2.45) is 0 Å². The minimum atomic E-state index is -0.521. The summed E-state index contributed by atoms with van der Waals surface area (Å²) < 4.78 is 15.5. The van der Waals surface area contributed by atoms with E-state index in [-0.39, 0.29) is 11.5 Å². The summed E-state index contributed by atoms with van der Waals surface area (Å²) >= 11 is 0. The smallest absolute Gasteiger partial charge is 0.308 e. The third-order valence-corrected chi connectivity index (χ3v) is 2.63. The minimum absolute atomic E-state index is 0.105. The number of fused-ring (bicyclic) bond motifs is 1. The van der Waals surface area contributed by atoms with Gasteiger partial charge >= 0.3 is 11.9 Å². The molecule has 0 N–H and O–H groups in total. The van der Waals surface area contributed by atoms with E-state index in [1.165, 1.54) is 21.0 Å². The lowest BCUT2D eigenvalue weighted by molar-refractivity contribution is -0.134. The Bertz CT molecular complexity index is 675. The summed E-state index contributed by atoms with van der Waals surface area (Å²) in [5.41, 5.74) is 0. The zero-order chi connectivity index (χ0) is 14.7. The minimum Gasteiger partial charge on any atom is -0.493 e. The van der Waals surface area contributed by atoms with Crippen molar-refractivity contribution in [1.29, 1.82) is 0 Å². The number of benzene rings is 2. The summed E-state index contributed by atoms with van der Waals surface area (Å²) in [6, 6.07) is 9.01. The lowest BCUT2D eigenvalue weighted by Gasteiger charge is -2.15. The quantitative estimate of drug-likeness (QED) is 0.636. The molecule has 0 atom stereocenters. The second-order valence-corrected chi connectivity index (χ2v) is 4.15. The predicted molar refractivity (Wildman–Crippen MR) is 73.1 cm³/mol. The highest BCUT2D eigenvalue weighted by atomic mass is 16.6. The van der Waals surface area contributed by atoms with Crippen molar-refractivity contribution in [2.75, 3.05) is 7.11 Å². The molecule has 2 rings (SSSR count). The summed E-state index contributed by atoms with van der Waals surface area (Å²) in [5.74, 6) is -0.407. The molecule has 5 nitrogen and oxygen atoms in total. The average molecular weight is 274 g/mol. The maximum absolute atomic E-state index is 11.3. The lowest BCUT2D eigenvalue weighted by Crippen LogP contribution is -2.08. The zero-order valence-electron chi connectivity index (χ0n) is 11.4. The molecular formula is C15H14O5. The molecule has 0 spiro atoms. The first-order valence-corrected chi connectivity index (χ1v) is 5.99. The molecule has 5 heteroatoms. The highest BCUT2D eigenvalue weighted by molar-refractivity contribution is 5.95. The van der Waals surface area contributed by atoms with Crippen LogP contribution >= 0.6 is 0 Å². The number of rotatable bonds is 3. The number of carbonyl (C=O) groups is 2. The van der Waals surface area contributed by atoms with Crippen LogP contribution in [0.25, 0.3) is 10.8 Å². The molecule has 0 radical (unpaired) electrons. The fourth-order valence-electron chi connectivity index (χ4n) is 1.91. The Morgan fingerprint density at radius 1 is 0.950 bits per heavy atom. The van der Waals surface area contributed by atoms with Gasteiger partial charge in [-0.25, -0.2) is 0 Å². The normalized spacial score (nSPS) is 10.2. The van der Waals surface area contributed by atoms with Crippen LogP contribution in [0.1, 0.15) is 13.8 Å². The van der Waals surface area contributed by atoms with Gasteiger partial charge in [0.25, 0.3) is 0 Å². The van der Waals surface area contributed by atoms with Crippen LogP contribution in [-0.2, 0) is 9.59 Å². The third kappa shape index (κ3) is 2.71. The molecule has 0 amide bonds. The van der Waals surface area contributed by atoms with Gasteiger partial charge in [0.1, 0.15) is 0 Å². The van der Waals surface area contributed by atoms with Gasteiger partial charge in [-0.3, -0.25) is 9.59 Å². The molecule has 0 aromatic heterocycles. The number of ether oxygens (including phenoxy) is 3. The number of hydrogen-bond acceptors (Lipinski definition) is 5. The summed E-state index contributed by atoms with van der Waals surface area (Å²) in [7, 11) is 1.45. The lowest BCUT2D eigenvalue weighted by atomic mass is 10.1. The topological polar surface area (TPSA) is 61.8 Å². The van der Waals surface area contributed by atoms with Crippen molar-refractivity contribution < 1.29 is 23.8 Å². The van der Waals surface area contributed by atoms with E-state index in [9.17, 15) is 9.59 Å². The van der Waals surface area contributed by atoms with Gasteiger partial charge in [-0.05, 0) is 11.5 Å². The van der Waals surface area contributed by atoms with Gasteiger partial charge in [0.2, 0.25) is 5.75 Å². The molecule has 20 heavy (non-hydrogen) atoms. The van der Waals surface area contributed by atoms with E-state index in [1.54, 1.807) is 18.2 Å². The van der Waals surface area contributed by atoms with E-state index in [4.69, 9.17) is 14.2 Å². The molecule has 0 heterocycles. The highest BCUT2D eigenvalue weighted by Crippen LogP contribution is 2.43. The van der Waals surface area contributed by atoms with E-state index in [2.05, 4.69) is 0 Å². The van der Waals surface area contributed by atoms with Gasteiger partial charge in [0, 0.05) is 19.2 Å². The van der Waals surface area contributed by atoms with E-state index in [0.717, 1.165) is 5.39 Å². The Hall–Kier alpha value is -2.56. The van der Waals surface area contributed by atoms with Crippen LogP contribution in [0.5, 0.6) is 17.2 Å². The van der Waals surface area contributed by atoms with Crippen molar-refractivity contribution in [3.63, 3.8) is 0 Å². The van der Waals surface area contributed by atoms with Crippen LogP contribution in [0, 0.1) is 0 Å². The van der Waals surface area contributed by atoms with Crippen molar-refractivity contribution >= 4 is 22.7 Å². The van der Waals surface area contributed by atoms with E-state index in [1.807, 2.05) is 12.1 Å². The van der Waals surface area contributed by atoms with Gasteiger partial charge in [0.05, 0.1) is 7.11 Å². The van der Waals surface area contributed by atoms with Gasteiger partial charge in [0.15, 0.2) is 11.5 Å². The first-order valence-electron chi connectivity index (χ1n) is 5.99. The van der Waals surface area contributed by atoms with Crippen molar-refractivity contribution in [2.45, 2.75) is 13.8 Å². The van der Waals surface area contributed by atoms with Crippen molar-refractivity contribution in [3.05, 3.63) is 30.3 Å². The largest absolute Gasteiger partial charge is 0.493 e. The summed E-state index contributed by atoms with van der Waals surface area (Å²) in [5, 5.41) is 1.48. The fourth-order valence-corrected chi connectivity index (χ4v) is 1.91. The summed E-state index contributed by atoms with van der Waals surface area (Å²) in [6.07, 6.45) is 0. The van der Waals surface area contributed by atoms with Gasteiger partial charge in [-0.15, -0.1) is 0 Å².